The highest BCUT2D eigenvalue weighted by Crippen LogP contribution is 2.48. The van der Waals surface area contributed by atoms with Crippen LogP contribution in [0.2, 0.25) is 16.6 Å². The summed E-state index contributed by atoms with van der Waals surface area (Å²) in [6.45, 7) is 13.6. The van der Waals surface area contributed by atoms with Gasteiger partial charge in [-0.3, -0.25) is 0 Å². The summed E-state index contributed by atoms with van der Waals surface area (Å²) in [5.41, 5.74) is 2.99. The van der Waals surface area contributed by atoms with Crippen LogP contribution in [0.5, 0.6) is 11.5 Å². The third kappa shape index (κ3) is 4.53. The Hall–Kier alpha value is -2.25. The average Bonchev–Trinajstić information content (AvgIpc) is 3.21. The summed E-state index contributed by atoms with van der Waals surface area (Å²) in [6, 6.07) is 12.2. The van der Waals surface area contributed by atoms with Crippen molar-refractivity contribution in [3.8, 4) is 32.6 Å². The Morgan fingerprint density at radius 1 is 0.839 bits per heavy atom. The molecule has 0 atom stereocenters. The summed E-state index contributed by atoms with van der Waals surface area (Å²) in [4.78, 5) is 0. The molecule has 0 saturated heterocycles. The number of hydrogen-bond donors (Lipinski definition) is 0. The van der Waals surface area contributed by atoms with Crippen molar-refractivity contribution in [3.63, 3.8) is 0 Å². The van der Waals surface area contributed by atoms with Crippen molar-refractivity contribution in [2.75, 3.05) is 7.11 Å². The van der Waals surface area contributed by atoms with Gasteiger partial charge in [0.2, 0.25) is 0 Å². The zero-order chi connectivity index (χ0) is 22.8. The standard InChI is InChI=1S/C24H31FN2O2SSi/c1-15(2)31(16(3)4,17(5)6)29-22-20(9-8-10-21(22)28-7)24-27-26-23(30-24)18-11-13-19(25)14-12-18/h8-17H,1-7H3. The molecule has 1 heterocycles. The SMILES string of the molecule is COc1cccc(-c2nnc(-c3ccc(F)cc3)s2)c1O[Si](C(C)C)(C(C)C)C(C)C. The van der Waals surface area contributed by atoms with Crippen LogP contribution in [0.15, 0.2) is 42.5 Å². The average molecular weight is 459 g/mol. The van der Waals surface area contributed by atoms with Crippen molar-refractivity contribution in [3.05, 3.63) is 48.3 Å². The van der Waals surface area contributed by atoms with Gasteiger partial charge in [0.05, 0.1) is 12.7 Å². The third-order valence-corrected chi connectivity index (χ3v) is 12.9. The predicted molar refractivity (Wildman–Crippen MR) is 129 cm³/mol. The van der Waals surface area contributed by atoms with Gasteiger partial charge in [-0.05, 0) is 53.0 Å². The number of nitrogens with zero attached hydrogens (tertiary/aromatic N) is 2. The van der Waals surface area contributed by atoms with E-state index in [-0.39, 0.29) is 5.82 Å². The van der Waals surface area contributed by atoms with Gasteiger partial charge in [0.15, 0.2) is 16.5 Å². The van der Waals surface area contributed by atoms with Gasteiger partial charge in [0, 0.05) is 5.56 Å². The Morgan fingerprint density at radius 3 is 1.97 bits per heavy atom. The quantitative estimate of drug-likeness (QED) is 0.326. The lowest BCUT2D eigenvalue weighted by molar-refractivity contribution is 0.383. The molecule has 0 aliphatic rings. The van der Waals surface area contributed by atoms with Gasteiger partial charge in [0.25, 0.3) is 8.32 Å². The Morgan fingerprint density at radius 2 is 1.42 bits per heavy atom. The van der Waals surface area contributed by atoms with E-state index in [4.69, 9.17) is 9.16 Å². The first-order valence-electron chi connectivity index (χ1n) is 10.7. The highest BCUT2D eigenvalue weighted by atomic mass is 32.1. The van der Waals surface area contributed by atoms with Crippen molar-refractivity contribution in [2.45, 2.75) is 58.2 Å². The topological polar surface area (TPSA) is 44.2 Å². The number of aromatic nitrogens is 2. The lowest BCUT2D eigenvalue weighted by Crippen LogP contribution is -2.50. The van der Waals surface area contributed by atoms with Gasteiger partial charge in [-0.1, -0.05) is 58.9 Å². The molecule has 31 heavy (non-hydrogen) atoms. The van der Waals surface area contributed by atoms with Crippen LogP contribution in [-0.4, -0.2) is 25.6 Å². The smallest absolute Gasteiger partial charge is 0.258 e. The molecule has 0 fully saturated rings. The number of benzene rings is 2. The van der Waals surface area contributed by atoms with Crippen LogP contribution in [-0.2, 0) is 0 Å². The fourth-order valence-electron chi connectivity index (χ4n) is 4.52. The van der Waals surface area contributed by atoms with E-state index in [0.717, 1.165) is 26.9 Å². The Bertz CT molecular complexity index is 997. The maximum Gasteiger partial charge on any atom is 0.258 e. The molecule has 3 aromatic rings. The van der Waals surface area contributed by atoms with Gasteiger partial charge < -0.3 is 9.16 Å². The second-order valence-electron chi connectivity index (χ2n) is 8.68. The normalized spacial score (nSPS) is 12.1. The number of hydrogen-bond acceptors (Lipinski definition) is 5. The molecular weight excluding hydrogens is 427 g/mol. The molecule has 0 aliphatic heterocycles. The number of methoxy groups -OCH3 is 1. The summed E-state index contributed by atoms with van der Waals surface area (Å²) in [6.07, 6.45) is 0. The maximum absolute atomic E-state index is 13.3. The van der Waals surface area contributed by atoms with E-state index < -0.39 is 8.32 Å². The Labute approximate surface area is 189 Å². The van der Waals surface area contributed by atoms with E-state index in [1.54, 1.807) is 19.2 Å². The van der Waals surface area contributed by atoms with E-state index in [9.17, 15) is 4.39 Å². The lowest BCUT2D eigenvalue weighted by atomic mass is 10.2. The molecule has 7 heteroatoms. The molecule has 0 unspecified atom stereocenters. The minimum atomic E-state index is -2.21. The number of rotatable bonds is 8. The van der Waals surface area contributed by atoms with E-state index >= 15 is 0 Å². The molecule has 0 amide bonds. The first-order chi connectivity index (χ1) is 14.7. The van der Waals surface area contributed by atoms with Crippen LogP contribution in [0.3, 0.4) is 0 Å². The van der Waals surface area contributed by atoms with Crippen LogP contribution in [0.1, 0.15) is 41.5 Å². The van der Waals surface area contributed by atoms with Crippen LogP contribution in [0.4, 0.5) is 4.39 Å². The van der Waals surface area contributed by atoms with E-state index in [1.807, 2.05) is 18.2 Å². The van der Waals surface area contributed by atoms with Crippen molar-refractivity contribution < 1.29 is 13.6 Å². The minimum Gasteiger partial charge on any atom is -0.540 e. The molecule has 0 saturated carbocycles. The zero-order valence-corrected chi connectivity index (χ0v) is 21.1. The van der Waals surface area contributed by atoms with Crippen molar-refractivity contribution >= 4 is 19.7 Å². The van der Waals surface area contributed by atoms with Crippen molar-refractivity contribution in [1.82, 2.24) is 10.2 Å². The summed E-state index contributed by atoms with van der Waals surface area (Å²) in [5, 5.41) is 10.3. The van der Waals surface area contributed by atoms with Crippen LogP contribution in [0, 0.1) is 5.82 Å². The van der Waals surface area contributed by atoms with Gasteiger partial charge in [-0.15, -0.1) is 10.2 Å². The highest BCUT2D eigenvalue weighted by molar-refractivity contribution is 7.18. The van der Waals surface area contributed by atoms with Gasteiger partial charge in [-0.25, -0.2) is 4.39 Å². The van der Waals surface area contributed by atoms with Crippen molar-refractivity contribution in [2.24, 2.45) is 0 Å². The van der Waals surface area contributed by atoms with Crippen LogP contribution < -0.4 is 9.16 Å². The van der Waals surface area contributed by atoms with Crippen LogP contribution in [0.25, 0.3) is 21.1 Å². The fraction of sp³-hybridized carbons (Fsp3) is 0.417. The maximum atomic E-state index is 13.3. The summed E-state index contributed by atoms with van der Waals surface area (Å²) < 4.78 is 26.0. The molecule has 3 rings (SSSR count). The van der Waals surface area contributed by atoms with Crippen molar-refractivity contribution in [1.29, 1.82) is 0 Å². The predicted octanol–water partition coefficient (Wildman–Crippen LogP) is 7.57. The largest absolute Gasteiger partial charge is 0.540 e. The first-order valence-corrected chi connectivity index (χ1v) is 13.6. The summed E-state index contributed by atoms with van der Waals surface area (Å²) in [5.74, 6) is 1.18. The summed E-state index contributed by atoms with van der Waals surface area (Å²) >= 11 is 1.46. The Kier molecular flexibility index (Phi) is 7.16. The van der Waals surface area contributed by atoms with Gasteiger partial charge >= 0.3 is 0 Å². The van der Waals surface area contributed by atoms with Crippen LogP contribution >= 0.6 is 11.3 Å². The highest BCUT2D eigenvalue weighted by Gasteiger charge is 2.47. The molecule has 0 bridgehead atoms. The van der Waals surface area contributed by atoms with Gasteiger partial charge in [0.1, 0.15) is 10.8 Å². The molecule has 4 nitrogen and oxygen atoms in total. The fourth-order valence-corrected chi connectivity index (χ4v) is 10.7. The number of ether oxygens (including phenoxy) is 1. The number of para-hydroxylation sites is 1. The molecule has 166 valence electrons. The zero-order valence-electron chi connectivity index (χ0n) is 19.3. The Balaban J connectivity index is 2.11. The summed E-state index contributed by atoms with van der Waals surface area (Å²) in [7, 11) is -0.543. The first kappa shape index (κ1) is 23.4. The molecule has 0 radical (unpaired) electrons. The monoisotopic (exact) mass is 458 g/mol. The lowest BCUT2D eigenvalue weighted by Gasteiger charge is -2.42. The van der Waals surface area contributed by atoms with E-state index in [1.165, 1.54) is 23.5 Å². The molecule has 1 aromatic heterocycles. The molecule has 0 aliphatic carbocycles. The number of halogens is 1. The molecule has 2 aromatic carbocycles. The van der Waals surface area contributed by atoms with Gasteiger partial charge in [-0.2, -0.15) is 0 Å². The second-order valence-corrected chi connectivity index (χ2v) is 15.0. The second kappa shape index (κ2) is 9.49. The minimum absolute atomic E-state index is 0.269. The van der Waals surface area contributed by atoms with E-state index in [0.29, 0.717) is 22.4 Å². The molecular formula is C24H31FN2O2SSi. The molecule has 0 N–H and O–H groups in total. The third-order valence-electron chi connectivity index (χ3n) is 5.93. The van der Waals surface area contributed by atoms with E-state index in [2.05, 4.69) is 51.7 Å². The molecule has 0 spiro atoms.